The first-order valence-corrected chi connectivity index (χ1v) is 11.2. The first-order valence-electron chi connectivity index (χ1n) is 8.43. The summed E-state index contributed by atoms with van der Waals surface area (Å²) < 4.78 is 70.4. The van der Waals surface area contributed by atoms with Crippen LogP contribution in [-0.2, 0) is 40.4 Å². The molecule has 1 saturated heterocycles. The van der Waals surface area contributed by atoms with Crippen LogP contribution in [0.5, 0.6) is 0 Å². The molecule has 180 valence electrons. The summed E-state index contributed by atoms with van der Waals surface area (Å²) in [7, 11) is -9.62. The number of nitrogens with two attached hydrogens (primary N) is 1. The van der Waals surface area contributed by atoms with Crippen molar-refractivity contribution in [1.29, 1.82) is 0 Å². The number of nitrogens with zero attached hydrogens (tertiary/aromatic N) is 2. The lowest BCUT2D eigenvalue weighted by atomic mass is 10.1. The summed E-state index contributed by atoms with van der Waals surface area (Å²) in [5.41, 5.74) is 4.79. The van der Waals surface area contributed by atoms with E-state index in [9.17, 15) is 31.8 Å². The summed E-state index contributed by atoms with van der Waals surface area (Å²) in [5.74, 6) is 0.109. The zero-order valence-electron chi connectivity index (χ0n) is 16.0. The quantitative estimate of drug-likeness (QED) is 0.153. The Bertz CT molecular complexity index is 947. The van der Waals surface area contributed by atoms with Crippen LogP contribution in [0.4, 0.5) is 5.82 Å². The van der Waals surface area contributed by atoms with Gasteiger partial charge in [0.05, 0.1) is 13.2 Å². The van der Waals surface area contributed by atoms with Crippen LogP contribution >= 0.6 is 0 Å². The van der Waals surface area contributed by atoms with Gasteiger partial charge in [0.1, 0.15) is 30.2 Å². The van der Waals surface area contributed by atoms with Gasteiger partial charge in [-0.1, -0.05) is 6.92 Å². The van der Waals surface area contributed by atoms with E-state index in [4.69, 9.17) is 24.7 Å². The van der Waals surface area contributed by atoms with Crippen LogP contribution in [0, 0.1) is 0 Å². The van der Waals surface area contributed by atoms with E-state index in [1.165, 1.54) is 23.8 Å². The predicted octanol–water partition coefficient (Wildman–Crippen LogP) is -3.33. The Hall–Kier alpha value is -1.74. The zero-order chi connectivity index (χ0) is 24.0. The van der Waals surface area contributed by atoms with Gasteiger partial charge in [0.15, 0.2) is 6.29 Å². The molecule has 1 aliphatic rings. The van der Waals surface area contributed by atoms with Crippen molar-refractivity contribution in [3.63, 3.8) is 0 Å². The normalized spacial score (nSPS) is 24.1. The van der Waals surface area contributed by atoms with E-state index in [2.05, 4.69) is 13.4 Å². The van der Waals surface area contributed by atoms with Crippen LogP contribution in [0.25, 0.3) is 0 Å². The van der Waals surface area contributed by atoms with Gasteiger partial charge >= 0.3 is 26.5 Å². The van der Waals surface area contributed by atoms with Crippen molar-refractivity contribution in [2.75, 3.05) is 12.3 Å². The van der Waals surface area contributed by atoms with Crippen LogP contribution in [0.2, 0.25) is 0 Å². The smallest absolute Gasteiger partial charge is 0.394 e. The van der Waals surface area contributed by atoms with Gasteiger partial charge in [-0.2, -0.15) is 21.8 Å². The highest BCUT2D eigenvalue weighted by molar-refractivity contribution is 7.81. The average molecular weight is 493 g/mol. The van der Waals surface area contributed by atoms with Crippen molar-refractivity contribution in [3.05, 3.63) is 22.7 Å². The van der Waals surface area contributed by atoms with E-state index in [1.54, 1.807) is 0 Å². The minimum absolute atomic E-state index is 0.0286. The van der Waals surface area contributed by atoms with E-state index < -0.39 is 63.8 Å². The van der Waals surface area contributed by atoms with Crippen molar-refractivity contribution in [3.8, 4) is 0 Å². The predicted molar refractivity (Wildman–Crippen MR) is 100 cm³/mol. The summed E-state index contributed by atoms with van der Waals surface area (Å²) in [6.07, 6.45) is -4.49. The Labute approximate surface area is 176 Å². The van der Waals surface area contributed by atoms with Gasteiger partial charge in [0.25, 0.3) is 0 Å². The largest absolute Gasteiger partial charge is 0.399 e. The number of aromatic nitrogens is 2. The molecule has 0 spiro atoms. The maximum atomic E-state index is 11.5. The minimum Gasteiger partial charge on any atom is -0.394 e. The third-order valence-corrected chi connectivity index (χ3v) is 4.62. The second-order valence-corrected chi connectivity index (χ2v) is 8.15. The Morgan fingerprint density at radius 2 is 1.68 bits per heavy atom. The number of ether oxygens (including phenoxy) is 1. The van der Waals surface area contributed by atoms with E-state index in [-0.39, 0.29) is 18.8 Å². The molecule has 0 aromatic carbocycles. The molecule has 0 radical (unpaired) electrons. The summed E-state index contributed by atoms with van der Waals surface area (Å²) in [4.78, 5) is 15.0. The molecule has 18 heteroatoms. The average Bonchev–Trinajstić information content (AvgIpc) is 2.89. The standard InChI is InChI=1S/C10H15N3O5.C3H8O8S2/c11-7-1-2-13(10(17)12-7)3-5-8(15)9(16)6(4-14)18-5;1-2-3(10-12(4,5)6)11-13(7,8)9/h1-2,5-6,8-9,14-16H,3-4H2,(H2,11,12,17);3H,2H2,1H3,(H,4,5,6)(H,7,8,9)/t5-,6+,8-,9+;/m0./s1. The van der Waals surface area contributed by atoms with Crippen LogP contribution in [0.3, 0.4) is 0 Å². The van der Waals surface area contributed by atoms with Gasteiger partial charge in [-0.15, -0.1) is 0 Å². The zero-order valence-corrected chi connectivity index (χ0v) is 17.6. The fourth-order valence-corrected chi connectivity index (χ4v) is 3.27. The minimum atomic E-state index is -4.81. The maximum Gasteiger partial charge on any atom is 0.399 e. The second-order valence-electron chi connectivity index (χ2n) is 6.05. The van der Waals surface area contributed by atoms with Crippen LogP contribution in [0.1, 0.15) is 13.3 Å². The molecular weight excluding hydrogens is 470 g/mol. The fourth-order valence-electron chi connectivity index (χ4n) is 2.33. The number of hydrogen-bond acceptors (Lipinski definition) is 13. The topological polar surface area (TPSA) is 258 Å². The molecule has 2 rings (SSSR count). The number of rotatable bonds is 8. The molecule has 7 N–H and O–H groups in total. The Balaban J connectivity index is 0.000000330. The number of aliphatic hydroxyl groups excluding tert-OH is 3. The molecule has 0 bridgehead atoms. The van der Waals surface area contributed by atoms with Crippen molar-refractivity contribution in [2.45, 2.75) is 50.6 Å². The molecule has 0 amide bonds. The van der Waals surface area contributed by atoms with E-state index in [0.29, 0.717) is 0 Å². The van der Waals surface area contributed by atoms with Gasteiger partial charge in [0, 0.05) is 6.20 Å². The Morgan fingerprint density at radius 1 is 1.16 bits per heavy atom. The highest BCUT2D eigenvalue weighted by atomic mass is 32.3. The SMILES string of the molecule is CCC(OS(=O)(=O)O)OS(=O)(=O)O.Nc1ccn(C[C@@H]2O[C@H](CO)[C@@H](O)[C@H]2O)c(=O)n1. The number of anilines is 1. The van der Waals surface area contributed by atoms with E-state index in [1.807, 2.05) is 0 Å². The molecule has 1 aromatic heterocycles. The van der Waals surface area contributed by atoms with Gasteiger partial charge in [-0.25, -0.2) is 13.2 Å². The molecule has 1 aromatic rings. The number of nitrogen functional groups attached to an aromatic ring is 1. The van der Waals surface area contributed by atoms with Crippen molar-refractivity contribution in [1.82, 2.24) is 9.55 Å². The molecule has 1 aliphatic heterocycles. The highest BCUT2D eigenvalue weighted by Gasteiger charge is 2.42. The third-order valence-electron chi connectivity index (χ3n) is 3.70. The molecular formula is C13H23N3O13S2. The summed E-state index contributed by atoms with van der Waals surface area (Å²) in [6, 6.07) is 1.45. The van der Waals surface area contributed by atoms with Crippen LogP contribution in [0.15, 0.2) is 17.1 Å². The molecule has 2 heterocycles. The first-order chi connectivity index (χ1) is 14.2. The van der Waals surface area contributed by atoms with Gasteiger partial charge in [-0.05, 0) is 12.5 Å². The fraction of sp³-hybridized carbons (Fsp3) is 0.692. The summed E-state index contributed by atoms with van der Waals surface area (Å²) in [5, 5.41) is 28.2. The molecule has 0 saturated carbocycles. The maximum absolute atomic E-state index is 11.5. The molecule has 31 heavy (non-hydrogen) atoms. The summed E-state index contributed by atoms with van der Waals surface area (Å²) >= 11 is 0. The van der Waals surface area contributed by atoms with Crippen LogP contribution in [-0.4, -0.2) is 88.1 Å². The number of aliphatic hydroxyl groups is 3. The Morgan fingerprint density at radius 3 is 2.06 bits per heavy atom. The van der Waals surface area contributed by atoms with Crippen molar-refractivity contribution >= 4 is 26.6 Å². The lowest BCUT2D eigenvalue weighted by Crippen LogP contribution is -2.37. The van der Waals surface area contributed by atoms with Gasteiger partial charge in [0.2, 0.25) is 0 Å². The molecule has 1 fully saturated rings. The third kappa shape index (κ3) is 9.51. The molecule has 0 unspecified atom stereocenters. The summed E-state index contributed by atoms with van der Waals surface area (Å²) in [6.45, 7) is 0.950. The Kier molecular flexibility index (Phi) is 9.88. The van der Waals surface area contributed by atoms with Crippen molar-refractivity contribution in [2.24, 2.45) is 0 Å². The van der Waals surface area contributed by atoms with Crippen LogP contribution < -0.4 is 11.4 Å². The van der Waals surface area contributed by atoms with E-state index in [0.717, 1.165) is 0 Å². The number of hydrogen-bond donors (Lipinski definition) is 6. The first kappa shape index (κ1) is 27.3. The van der Waals surface area contributed by atoms with Crippen molar-refractivity contribution < 1.29 is 54.4 Å². The van der Waals surface area contributed by atoms with Gasteiger partial charge < -0.3 is 25.8 Å². The molecule has 4 atom stereocenters. The molecule has 0 aliphatic carbocycles. The second kappa shape index (κ2) is 11.2. The monoisotopic (exact) mass is 493 g/mol. The lowest BCUT2D eigenvalue weighted by molar-refractivity contribution is -0.0269. The lowest BCUT2D eigenvalue weighted by Gasteiger charge is -2.15. The highest BCUT2D eigenvalue weighted by Crippen LogP contribution is 2.21. The van der Waals surface area contributed by atoms with E-state index >= 15 is 0 Å². The van der Waals surface area contributed by atoms with Gasteiger partial charge in [-0.3, -0.25) is 13.7 Å². The molecule has 16 nitrogen and oxygen atoms in total.